The van der Waals surface area contributed by atoms with Gasteiger partial charge in [0.15, 0.2) is 5.17 Å². The number of nitrogens with zero attached hydrogens (tertiary/aromatic N) is 3. The average Bonchev–Trinajstić information content (AvgIpc) is 3.35. The van der Waals surface area contributed by atoms with E-state index in [1.54, 1.807) is 42.2 Å². The summed E-state index contributed by atoms with van der Waals surface area (Å²) in [5.41, 5.74) is 2.02. The summed E-state index contributed by atoms with van der Waals surface area (Å²) in [6, 6.07) is 18.0. The van der Waals surface area contributed by atoms with Crippen molar-refractivity contribution in [1.29, 1.82) is 0 Å². The third-order valence-electron chi connectivity index (χ3n) is 4.91. The fourth-order valence-electron chi connectivity index (χ4n) is 3.30. The summed E-state index contributed by atoms with van der Waals surface area (Å²) in [7, 11) is 0. The average molecular weight is 448 g/mol. The topological polar surface area (TPSA) is 89.0 Å². The Morgan fingerprint density at radius 3 is 2.66 bits per heavy atom. The van der Waals surface area contributed by atoms with Gasteiger partial charge in [0.1, 0.15) is 11.5 Å². The van der Waals surface area contributed by atoms with Crippen molar-refractivity contribution in [3.8, 4) is 11.3 Å². The van der Waals surface area contributed by atoms with Gasteiger partial charge in [-0.3, -0.25) is 19.8 Å². The number of aryl methyl sites for hydroxylation is 1. The number of amidine groups is 1. The number of amides is 1. The highest BCUT2D eigenvalue weighted by Gasteiger charge is 2.33. The van der Waals surface area contributed by atoms with Crippen LogP contribution >= 0.6 is 11.8 Å². The van der Waals surface area contributed by atoms with Gasteiger partial charge in [-0.05, 0) is 49.4 Å². The van der Waals surface area contributed by atoms with E-state index in [1.165, 1.54) is 17.8 Å². The summed E-state index contributed by atoms with van der Waals surface area (Å²) in [5.74, 6) is 0.880. The number of benzene rings is 2. The van der Waals surface area contributed by atoms with Crippen molar-refractivity contribution < 1.29 is 14.1 Å². The van der Waals surface area contributed by atoms with Crippen molar-refractivity contribution in [2.24, 2.45) is 4.99 Å². The molecule has 162 valence electrons. The Labute approximate surface area is 189 Å². The lowest BCUT2D eigenvalue weighted by Crippen LogP contribution is -2.29. The molecule has 2 heterocycles. The molecule has 8 heteroatoms. The maximum absolute atomic E-state index is 13.0. The van der Waals surface area contributed by atoms with Crippen LogP contribution in [0.1, 0.15) is 24.7 Å². The number of rotatable bonds is 6. The van der Waals surface area contributed by atoms with Crippen LogP contribution in [-0.2, 0) is 4.79 Å². The smallest absolute Gasteiger partial charge is 0.273 e. The zero-order valence-electron chi connectivity index (χ0n) is 17.6. The van der Waals surface area contributed by atoms with Crippen molar-refractivity contribution in [2.75, 3.05) is 6.54 Å². The van der Waals surface area contributed by atoms with Crippen LogP contribution in [0.5, 0.6) is 0 Å². The number of aliphatic imine (C=N–C) groups is 1. The van der Waals surface area contributed by atoms with Gasteiger partial charge < -0.3 is 4.42 Å². The number of para-hydroxylation sites is 1. The molecular weight excluding hydrogens is 426 g/mol. The van der Waals surface area contributed by atoms with Gasteiger partial charge in [0.05, 0.1) is 15.5 Å². The second kappa shape index (κ2) is 9.23. The van der Waals surface area contributed by atoms with Gasteiger partial charge in [0.25, 0.3) is 11.6 Å². The molecule has 0 saturated carbocycles. The summed E-state index contributed by atoms with van der Waals surface area (Å²) in [4.78, 5) is 30.6. The van der Waals surface area contributed by atoms with Crippen LogP contribution in [0.25, 0.3) is 17.4 Å². The van der Waals surface area contributed by atoms with Crippen molar-refractivity contribution in [1.82, 2.24) is 4.90 Å². The Morgan fingerprint density at radius 1 is 1.16 bits per heavy atom. The molecule has 0 aliphatic carbocycles. The van der Waals surface area contributed by atoms with E-state index in [4.69, 9.17) is 4.42 Å². The number of hydrogen-bond acceptors (Lipinski definition) is 6. The minimum absolute atomic E-state index is 0.0392. The van der Waals surface area contributed by atoms with Crippen LogP contribution < -0.4 is 0 Å². The zero-order chi connectivity index (χ0) is 22.7. The summed E-state index contributed by atoms with van der Waals surface area (Å²) in [6.45, 7) is 4.28. The van der Waals surface area contributed by atoms with E-state index in [9.17, 15) is 14.9 Å². The molecule has 1 aromatic heterocycles. The Kier molecular flexibility index (Phi) is 6.23. The van der Waals surface area contributed by atoms with E-state index >= 15 is 0 Å². The van der Waals surface area contributed by atoms with Crippen molar-refractivity contribution in [2.45, 2.75) is 20.3 Å². The molecule has 1 fully saturated rings. The van der Waals surface area contributed by atoms with Crippen molar-refractivity contribution >= 4 is 40.3 Å². The molecule has 0 radical (unpaired) electrons. The first-order chi connectivity index (χ1) is 15.5. The Hall–Kier alpha value is -3.65. The van der Waals surface area contributed by atoms with E-state index in [0.717, 1.165) is 12.1 Å². The fraction of sp³-hybridized carbons (Fsp3) is 0.167. The van der Waals surface area contributed by atoms with Gasteiger partial charge in [-0.15, -0.1) is 0 Å². The Morgan fingerprint density at radius 2 is 1.94 bits per heavy atom. The molecule has 0 N–H and O–H groups in total. The summed E-state index contributed by atoms with van der Waals surface area (Å²) in [6.07, 6.45) is 2.50. The molecule has 0 atom stereocenters. The third kappa shape index (κ3) is 4.50. The molecule has 0 bridgehead atoms. The lowest BCUT2D eigenvalue weighted by molar-refractivity contribution is -0.385. The summed E-state index contributed by atoms with van der Waals surface area (Å²) < 4.78 is 5.88. The first-order valence-electron chi connectivity index (χ1n) is 10.2. The van der Waals surface area contributed by atoms with Crippen molar-refractivity contribution in [3.05, 3.63) is 87.0 Å². The molecule has 32 heavy (non-hydrogen) atoms. The molecular formula is C24H21N3O4S. The molecule has 1 aliphatic rings. The second-order valence-electron chi connectivity index (χ2n) is 7.26. The number of nitro benzene ring substituents is 1. The van der Waals surface area contributed by atoms with Crippen LogP contribution in [0, 0.1) is 17.0 Å². The highest BCUT2D eigenvalue weighted by atomic mass is 32.2. The molecule has 0 spiro atoms. The first kappa shape index (κ1) is 21.6. The maximum Gasteiger partial charge on any atom is 0.273 e. The minimum atomic E-state index is -0.408. The molecule has 1 aliphatic heterocycles. The van der Waals surface area contributed by atoms with Crippen molar-refractivity contribution in [3.63, 3.8) is 0 Å². The molecule has 3 aromatic rings. The molecule has 1 amide bonds. The van der Waals surface area contributed by atoms with Crippen LogP contribution in [-0.4, -0.2) is 27.4 Å². The van der Waals surface area contributed by atoms with Gasteiger partial charge in [-0.2, -0.15) is 0 Å². The number of nitro groups is 1. The Balaban J connectivity index is 1.62. The number of furan rings is 1. The number of thioether (sulfide) groups is 1. The molecule has 2 aromatic carbocycles. The SMILES string of the molecule is CCCN1C(=O)/C(=C\c2ccc(-c3ccc(C)c([N+](=O)[O-])c3)o2)SC1=Nc1ccccc1. The van der Waals surface area contributed by atoms with E-state index in [-0.39, 0.29) is 11.6 Å². The zero-order valence-corrected chi connectivity index (χ0v) is 18.5. The lowest BCUT2D eigenvalue weighted by atomic mass is 10.1. The maximum atomic E-state index is 13.0. The standard InChI is InChI=1S/C24H21N3O4S/c1-3-13-26-23(28)22(32-24(26)25-18-7-5-4-6-8-18)15-19-11-12-21(31-19)17-10-9-16(2)20(14-17)27(29)30/h4-12,14-15H,3,13H2,1-2H3/b22-15+,25-24?. The van der Waals surface area contributed by atoms with Gasteiger partial charge >= 0.3 is 0 Å². The normalized spacial score (nSPS) is 16.3. The highest BCUT2D eigenvalue weighted by Crippen LogP contribution is 2.35. The number of carbonyl (C=O) groups is 1. The van der Waals surface area contributed by atoms with E-state index in [0.29, 0.717) is 39.3 Å². The predicted molar refractivity (Wildman–Crippen MR) is 127 cm³/mol. The highest BCUT2D eigenvalue weighted by molar-refractivity contribution is 8.18. The second-order valence-corrected chi connectivity index (χ2v) is 8.27. The molecule has 4 rings (SSSR count). The van der Waals surface area contributed by atoms with Gasteiger partial charge in [-0.25, -0.2) is 4.99 Å². The summed E-state index contributed by atoms with van der Waals surface area (Å²) >= 11 is 1.31. The van der Waals surface area contributed by atoms with Crippen LogP contribution in [0.3, 0.4) is 0 Å². The largest absolute Gasteiger partial charge is 0.457 e. The first-order valence-corrected chi connectivity index (χ1v) is 11.0. The van der Waals surface area contributed by atoms with Crippen LogP contribution in [0.15, 0.2) is 75.0 Å². The van der Waals surface area contributed by atoms with Gasteiger partial charge in [0, 0.05) is 29.8 Å². The fourth-order valence-corrected chi connectivity index (χ4v) is 4.30. The molecule has 0 unspecified atom stereocenters. The molecule has 1 saturated heterocycles. The molecule has 7 nitrogen and oxygen atoms in total. The van der Waals surface area contributed by atoms with E-state index in [1.807, 2.05) is 37.3 Å². The quantitative estimate of drug-likeness (QED) is 0.256. The third-order valence-corrected chi connectivity index (χ3v) is 5.91. The summed E-state index contributed by atoms with van der Waals surface area (Å²) in [5, 5.41) is 11.9. The predicted octanol–water partition coefficient (Wildman–Crippen LogP) is 6.18. The monoisotopic (exact) mass is 447 g/mol. The van der Waals surface area contributed by atoms with Crippen LogP contribution in [0.4, 0.5) is 11.4 Å². The number of hydrogen-bond donors (Lipinski definition) is 0. The number of carbonyl (C=O) groups excluding carboxylic acids is 1. The van der Waals surface area contributed by atoms with E-state index in [2.05, 4.69) is 4.99 Å². The Bertz CT molecular complexity index is 1230. The van der Waals surface area contributed by atoms with Gasteiger partial charge in [-0.1, -0.05) is 37.3 Å². The van der Waals surface area contributed by atoms with Crippen LogP contribution in [0.2, 0.25) is 0 Å². The van der Waals surface area contributed by atoms with Gasteiger partial charge in [0.2, 0.25) is 0 Å². The van der Waals surface area contributed by atoms with E-state index < -0.39 is 4.92 Å². The lowest BCUT2D eigenvalue weighted by Gasteiger charge is -2.13. The minimum Gasteiger partial charge on any atom is -0.457 e.